The van der Waals surface area contributed by atoms with Crippen LogP contribution in [0, 0.1) is 0 Å². The molecule has 0 aliphatic rings. The SMILES string of the molecule is O=C(NCCCOc1c(Cl)cc(O)cc1Cl)c1ccc(C(F)(F)F)cn1. The van der Waals surface area contributed by atoms with E-state index in [9.17, 15) is 23.1 Å². The summed E-state index contributed by atoms with van der Waals surface area (Å²) < 4.78 is 42.7. The Labute approximate surface area is 156 Å². The van der Waals surface area contributed by atoms with Gasteiger partial charge < -0.3 is 15.2 Å². The molecule has 0 unspecified atom stereocenters. The number of phenols is 1. The van der Waals surface area contributed by atoms with Gasteiger partial charge in [0.1, 0.15) is 11.4 Å². The van der Waals surface area contributed by atoms with Crippen LogP contribution in [0.2, 0.25) is 10.0 Å². The van der Waals surface area contributed by atoms with Crippen molar-refractivity contribution in [3.8, 4) is 11.5 Å². The number of carbonyl (C=O) groups excluding carboxylic acids is 1. The van der Waals surface area contributed by atoms with Gasteiger partial charge in [0.05, 0.1) is 22.2 Å². The van der Waals surface area contributed by atoms with Crippen molar-refractivity contribution in [3.05, 3.63) is 51.8 Å². The molecule has 0 fully saturated rings. The Kier molecular flexibility index (Phi) is 6.55. The maximum Gasteiger partial charge on any atom is 0.417 e. The van der Waals surface area contributed by atoms with Gasteiger partial charge >= 0.3 is 6.18 Å². The first-order valence-corrected chi connectivity index (χ1v) is 8.06. The summed E-state index contributed by atoms with van der Waals surface area (Å²) in [6.45, 7) is 0.375. The number of aromatic hydroxyl groups is 1. The molecule has 5 nitrogen and oxygen atoms in total. The number of carbonyl (C=O) groups is 1. The minimum Gasteiger partial charge on any atom is -0.508 e. The Balaban J connectivity index is 1.79. The number of halogens is 5. The molecule has 2 aromatic rings. The summed E-state index contributed by atoms with van der Waals surface area (Å²) in [6.07, 6.45) is -3.51. The van der Waals surface area contributed by atoms with Crippen molar-refractivity contribution >= 4 is 29.1 Å². The molecule has 1 heterocycles. The highest BCUT2D eigenvalue weighted by Gasteiger charge is 2.30. The molecule has 26 heavy (non-hydrogen) atoms. The molecule has 1 aromatic carbocycles. The maximum atomic E-state index is 12.4. The number of phenolic OH excluding ortho intramolecular Hbond substituents is 1. The van der Waals surface area contributed by atoms with Crippen LogP contribution in [0.3, 0.4) is 0 Å². The maximum absolute atomic E-state index is 12.4. The van der Waals surface area contributed by atoms with Crippen LogP contribution >= 0.6 is 23.2 Å². The molecule has 10 heteroatoms. The number of hydrogen-bond acceptors (Lipinski definition) is 4. The Morgan fingerprint density at radius 1 is 1.23 bits per heavy atom. The number of amides is 1. The molecule has 0 radical (unpaired) electrons. The fourth-order valence-corrected chi connectivity index (χ4v) is 2.50. The van der Waals surface area contributed by atoms with Crippen LogP contribution in [0.1, 0.15) is 22.5 Å². The first kappa shape index (κ1) is 20.1. The van der Waals surface area contributed by atoms with Gasteiger partial charge in [-0.2, -0.15) is 13.2 Å². The van der Waals surface area contributed by atoms with Gasteiger partial charge in [-0.3, -0.25) is 9.78 Å². The van der Waals surface area contributed by atoms with Crippen LogP contribution in [0.15, 0.2) is 30.5 Å². The van der Waals surface area contributed by atoms with Gasteiger partial charge in [-0.25, -0.2) is 0 Å². The van der Waals surface area contributed by atoms with Crippen molar-refractivity contribution < 1.29 is 27.8 Å². The fraction of sp³-hybridized carbons (Fsp3) is 0.250. The molecule has 0 aliphatic carbocycles. The predicted molar refractivity (Wildman–Crippen MR) is 89.8 cm³/mol. The van der Waals surface area contributed by atoms with Crippen LogP contribution < -0.4 is 10.1 Å². The zero-order chi connectivity index (χ0) is 19.3. The van der Waals surface area contributed by atoms with E-state index in [1.165, 1.54) is 12.1 Å². The number of rotatable bonds is 6. The zero-order valence-electron chi connectivity index (χ0n) is 13.1. The third-order valence-corrected chi connectivity index (χ3v) is 3.72. The van der Waals surface area contributed by atoms with Crippen molar-refractivity contribution in [2.24, 2.45) is 0 Å². The first-order chi connectivity index (χ1) is 12.2. The second-order valence-corrected chi connectivity index (χ2v) is 5.94. The summed E-state index contributed by atoms with van der Waals surface area (Å²) in [5, 5.41) is 12.1. The Hall–Kier alpha value is -2.19. The van der Waals surface area contributed by atoms with Gasteiger partial charge in [0.25, 0.3) is 5.91 Å². The lowest BCUT2D eigenvalue weighted by Crippen LogP contribution is -2.26. The summed E-state index contributed by atoms with van der Waals surface area (Å²) >= 11 is 11.8. The van der Waals surface area contributed by atoms with Crippen molar-refractivity contribution in [2.45, 2.75) is 12.6 Å². The number of alkyl halides is 3. The average Bonchev–Trinajstić information content (AvgIpc) is 2.55. The van der Waals surface area contributed by atoms with E-state index in [1.807, 2.05) is 0 Å². The number of pyridine rings is 1. The summed E-state index contributed by atoms with van der Waals surface area (Å²) in [7, 11) is 0. The average molecular weight is 409 g/mol. The van der Waals surface area contributed by atoms with Gasteiger partial charge in [-0.05, 0) is 18.6 Å². The summed E-state index contributed by atoms with van der Waals surface area (Å²) in [5.74, 6) is -0.482. The van der Waals surface area contributed by atoms with Crippen LogP contribution in [-0.4, -0.2) is 29.1 Å². The fourth-order valence-electron chi connectivity index (χ4n) is 1.92. The van der Waals surface area contributed by atoms with E-state index in [1.54, 1.807) is 0 Å². The molecule has 0 saturated carbocycles. The van der Waals surface area contributed by atoms with Crippen molar-refractivity contribution in [1.82, 2.24) is 10.3 Å². The molecular weight excluding hydrogens is 396 g/mol. The Morgan fingerprint density at radius 2 is 1.88 bits per heavy atom. The standard InChI is InChI=1S/C16H13Cl2F3N2O3/c17-11-6-10(24)7-12(18)14(11)26-5-1-4-22-15(25)13-3-2-9(8-23-13)16(19,20)21/h2-3,6-8,24H,1,4-5H2,(H,22,25). The lowest BCUT2D eigenvalue weighted by molar-refractivity contribution is -0.137. The van der Waals surface area contributed by atoms with E-state index in [-0.39, 0.29) is 40.4 Å². The van der Waals surface area contributed by atoms with Crippen molar-refractivity contribution in [1.29, 1.82) is 0 Å². The lowest BCUT2D eigenvalue weighted by Gasteiger charge is -2.11. The summed E-state index contributed by atoms with van der Waals surface area (Å²) in [6, 6.07) is 4.35. The highest BCUT2D eigenvalue weighted by molar-refractivity contribution is 6.37. The number of benzene rings is 1. The second-order valence-electron chi connectivity index (χ2n) is 5.13. The lowest BCUT2D eigenvalue weighted by atomic mass is 10.2. The van der Waals surface area contributed by atoms with Crippen LogP contribution in [0.25, 0.3) is 0 Å². The molecule has 0 saturated heterocycles. The molecule has 1 amide bonds. The van der Waals surface area contributed by atoms with Crippen molar-refractivity contribution in [3.63, 3.8) is 0 Å². The monoisotopic (exact) mass is 408 g/mol. The van der Waals surface area contributed by atoms with E-state index in [0.717, 1.165) is 12.1 Å². The second kappa shape index (κ2) is 8.46. The molecule has 1 aromatic heterocycles. The van der Waals surface area contributed by atoms with Crippen LogP contribution in [-0.2, 0) is 6.18 Å². The minimum absolute atomic E-state index is 0.0938. The normalized spacial score (nSPS) is 11.3. The van der Waals surface area contributed by atoms with Gasteiger partial charge in [-0.1, -0.05) is 23.2 Å². The molecule has 0 bridgehead atoms. The van der Waals surface area contributed by atoms with Crippen molar-refractivity contribution in [2.75, 3.05) is 13.2 Å². The summed E-state index contributed by atoms with van der Waals surface area (Å²) in [5.41, 5.74) is -1.05. The molecule has 0 aliphatic heterocycles. The quantitative estimate of drug-likeness (QED) is 0.698. The zero-order valence-corrected chi connectivity index (χ0v) is 14.6. The van der Waals surface area contributed by atoms with Gasteiger partial charge in [0, 0.05) is 24.9 Å². The van der Waals surface area contributed by atoms with Gasteiger partial charge in [0.2, 0.25) is 0 Å². The number of nitrogens with zero attached hydrogens (tertiary/aromatic N) is 1. The molecular formula is C16H13Cl2F3N2O3. The van der Waals surface area contributed by atoms with Crippen LogP contribution in [0.4, 0.5) is 13.2 Å². The third-order valence-electron chi connectivity index (χ3n) is 3.16. The van der Waals surface area contributed by atoms with Gasteiger partial charge in [0.15, 0.2) is 5.75 Å². The van der Waals surface area contributed by atoms with Crippen LogP contribution in [0.5, 0.6) is 11.5 Å². The summed E-state index contributed by atoms with van der Waals surface area (Å²) in [4.78, 5) is 15.3. The molecule has 2 N–H and O–H groups in total. The highest BCUT2D eigenvalue weighted by Crippen LogP contribution is 2.36. The first-order valence-electron chi connectivity index (χ1n) is 7.30. The number of hydrogen-bond donors (Lipinski definition) is 2. The molecule has 0 spiro atoms. The smallest absolute Gasteiger partial charge is 0.417 e. The van der Waals surface area contributed by atoms with E-state index >= 15 is 0 Å². The topological polar surface area (TPSA) is 71.5 Å². The molecule has 140 valence electrons. The third kappa shape index (κ3) is 5.40. The van der Waals surface area contributed by atoms with E-state index in [0.29, 0.717) is 12.6 Å². The predicted octanol–water partition coefficient (Wildman–Crippen LogP) is 4.31. The van der Waals surface area contributed by atoms with E-state index in [4.69, 9.17) is 27.9 Å². The Morgan fingerprint density at radius 3 is 2.42 bits per heavy atom. The Bertz CT molecular complexity index is 760. The van der Waals surface area contributed by atoms with E-state index in [2.05, 4.69) is 10.3 Å². The molecule has 0 atom stereocenters. The number of ether oxygens (including phenoxy) is 1. The van der Waals surface area contributed by atoms with E-state index < -0.39 is 17.6 Å². The largest absolute Gasteiger partial charge is 0.508 e. The number of aromatic nitrogens is 1. The molecule has 2 rings (SSSR count). The highest BCUT2D eigenvalue weighted by atomic mass is 35.5. The number of nitrogens with one attached hydrogen (secondary N) is 1. The minimum atomic E-state index is -4.50. The van der Waals surface area contributed by atoms with Gasteiger partial charge in [-0.15, -0.1) is 0 Å².